The Hall–Kier alpha value is -0.530. The van der Waals surface area contributed by atoms with E-state index in [9.17, 15) is 4.79 Å². The van der Waals surface area contributed by atoms with E-state index >= 15 is 0 Å². The second-order valence-corrected chi connectivity index (χ2v) is 4.57. The van der Waals surface area contributed by atoms with Gasteiger partial charge in [-0.1, -0.05) is 34.1 Å². The molecule has 0 N–H and O–H groups in total. The lowest BCUT2D eigenvalue weighted by Crippen LogP contribution is -2.21. The predicted molar refractivity (Wildman–Crippen MR) is 59.1 cm³/mol. The first-order valence-corrected chi connectivity index (χ1v) is 5.67. The summed E-state index contributed by atoms with van der Waals surface area (Å²) in [5, 5.41) is 0. The largest absolute Gasteiger partial charge is 0.462 e. The van der Waals surface area contributed by atoms with Crippen LogP contribution in [0.4, 0.5) is 0 Å². The molecule has 0 aliphatic carbocycles. The van der Waals surface area contributed by atoms with Crippen LogP contribution in [0.15, 0.2) is 0 Å². The highest BCUT2D eigenvalue weighted by Crippen LogP contribution is 2.12. The fraction of sp³-hybridized carbons (Fsp3) is 0.917. The van der Waals surface area contributed by atoms with Crippen LogP contribution >= 0.6 is 0 Å². The van der Waals surface area contributed by atoms with Crippen molar-refractivity contribution in [2.75, 3.05) is 0 Å². The predicted octanol–water partition coefficient (Wildman–Crippen LogP) is 3.40. The molecule has 84 valence electrons. The van der Waals surface area contributed by atoms with Crippen molar-refractivity contribution in [2.24, 2.45) is 11.8 Å². The van der Waals surface area contributed by atoms with Gasteiger partial charge in [-0.05, 0) is 25.7 Å². The number of carbonyl (C=O) groups excluding carboxylic acids is 1. The fourth-order valence-corrected chi connectivity index (χ4v) is 1.58. The summed E-state index contributed by atoms with van der Waals surface area (Å²) >= 11 is 0. The number of hydrogen-bond acceptors (Lipinski definition) is 2. The molecule has 0 aromatic heterocycles. The van der Waals surface area contributed by atoms with E-state index in [1.54, 1.807) is 0 Å². The smallest absolute Gasteiger partial charge is 0.308 e. The molecule has 0 unspecified atom stereocenters. The van der Waals surface area contributed by atoms with Gasteiger partial charge in [0.25, 0.3) is 0 Å². The summed E-state index contributed by atoms with van der Waals surface area (Å²) in [6.07, 6.45) is 2.97. The third-order valence-electron chi connectivity index (χ3n) is 2.24. The van der Waals surface area contributed by atoms with E-state index in [-0.39, 0.29) is 18.0 Å². The summed E-state index contributed by atoms with van der Waals surface area (Å²) in [4.78, 5) is 11.5. The van der Waals surface area contributed by atoms with Crippen molar-refractivity contribution in [3.8, 4) is 0 Å². The van der Waals surface area contributed by atoms with Crippen molar-refractivity contribution in [1.29, 1.82) is 0 Å². The molecule has 14 heavy (non-hydrogen) atoms. The molecule has 0 aromatic rings. The second kappa shape index (κ2) is 6.86. The Morgan fingerprint density at radius 3 is 2.21 bits per heavy atom. The Morgan fingerprint density at radius 1 is 1.21 bits per heavy atom. The molecule has 0 bridgehead atoms. The van der Waals surface area contributed by atoms with E-state index in [1.165, 1.54) is 0 Å². The van der Waals surface area contributed by atoms with Crippen LogP contribution in [0, 0.1) is 11.8 Å². The Bertz CT molecular complexity index is 164. The molecule has 2 atom stereocenters. The molecule has 0 aliphatic rings. The van der Waals surface area contributed by atoms with E-state index in [1.807, 2.05) is 13.8 Å². The molecule has 0 aliphatic heterocycles. The molecule has 0 saturated carbocycles. The van der Waals surface area contributed by atoms with Crippen molar-refractivity contribution in [2.45, 2.75) is 60.0 Å². The molecular formula is C12H24O2. The van der Waals surface area contributed by atoms with Crippen LogP contribution in [0.1, 0.15) is 53.9 Å². The van der Waals surface area contributed by atoms with Crippen LogP contribution in [0.5, 0.6) is 0 Å². The molecule has 0 amide bonds. The van der Waals surface area contributed by atoms with Gasteiger partial charge in [0.2, 0.25) is 0 Å². The van der Waals surface area contributed by atoms with Gasteiger partial charge in [-0.3, -0.25) is 4.79 Å². The number of rotatable bonds is 6. The standard InChI is InChI=1S/C12H24O2/c1-6-7-10(4)12(13)14-11(5)8-9(2)3/h9-11H,6-8H2,1-5H3/t10-,11-/m0/s1. The molecule has 0 heterocycles. The van der Waals surface area contributed by atoms with Crippen molar-refractivity contribution < 1.29 is 9.53 Å². The average Bonchev–Trinajstić information content (AvgIpc) is 2.02. The minimum absolute atomic E-state index is 0.0417. The monoisotopic (exact) mass is 200 g/mol. The first-order valence-electron chi connectivity index (χ1n) is 5.67. The number of esters is 1. The Morgan fingerprint density at radius 2 is 1.79 bits per heavy atom. The van der Waals surface area contributed by atoms with Gasteiger partial charge >= 0.3 is 5.97 Å². The summed E-state index contributed by atoms with van der Waals surface area (Å²) in [7, 11) is 0. The highest BCUT2D eigenvalue weighted by Gasteiger charge is 2.16. The zero-order valence-electron chi connectivity index (χ0n) is 10.2. The number of ether oxygens (including phenoxy) is 1. The van der Waals surface area contributed by atoms with E-state index in [4.69, 9.17) is 4.74 Å². The molecule has 0 aromatic carbocycles. The van der Waals surface area contributed by atoms with Gasteiger partial charge in [0, 0.05) is 0 Å². The van der Waals surface area contributed by atoms with E-state index < -0.39 is 0 Å². The second-order valence-electron chi connectivity index (χ2n) is 4.57. The van der Waals surface area contributed by atoms with E-state index in [2.05, 4.69) is 20.8 Å². The number of hydrogen-bond donors (Lipinski definition) is 0. The van der Waals surface area contributed by atoms with Crippen LogP contribution in [-0.4, -0.2) is 12.1 Å². The molecular weight excluding hydrogens is 176 g/mol. The topological polar surface area (TPSA) is 26.3 Å². The molecule has 2 heteroatoms. The van der Waals surface area contributed by atoms with Gasteiger partial charge in [-0.2, -0.15) is 0 Å². The van der Waals surface area contributed by atoms with Crippen LogP contribution in [0.3, 0.4) is 0 Å². The quantitative estimate of drug-likeness (QED) is 0.614. The van der Waals surface area contributed by atoms with Crippen molar-refractivity contribution >= 4 is 5.97 Å². The number of carbonyl (C=O) groups is 1. The minimum Gasteiger partial charge on any atom is -0.462 e. The molecule has 0 rings (SSSR count). The van der Waals surface area contributed by atoms with Crippen molar-refractivity contribution in [3.63, 3.8) is 0 Å². The maximum absolute atomic E-state index is 11.5. The van der Waals surface area contributed by atoms with Gasteiger partial charge in [0.15, 0.2) is 0 Å². The molecule has 2 nitrogen and oxygen atoms in total. The third kappa shape index (κ3) is 6.01. The lowest BCUT2D eigenvalue weighted by atomic mass is 10.1. The summed E-state index contributed by atoms with van der Waals surface area (Å²) in [6.45, 7) is 10.3. The lowest BCUT2D eigenvalue weighted by molar-refractivity contribution is -0.153. The minimum atomic E-state index is -0.0417. The molecule has 0 saturated heterocycles. The maximum Gasteiger partial charge on any atom is 0.308 e. The van der Waals surface area contributed by atoms with Gasteiger partial charge < -0.3 is 4.74 Å². The summed E-state index contributed by atoms with van der Waals surface area (Å²) < 4.78 is 5.34. The highest BCUT2D eigenvalue weighted by atomic mass is 16.5. The van der Waals surface area contributed by atoms with E-state index in [0.717, 1.165) is 19.3 Å². The van der Waals surface area contributed by atoms with Crippen LogP contribution in [0.25, 0.3) is 0 Å². The molecule has 0 radical (unpaired) electrons. The fourth-order valence-electron chi connectivity index (χ4n) is 1.58. The lowest BCUT2D eigenvalue weighted by Gasteiger charge is -2.17. The maximum atomic E-state index is 11.5. The van der Waals surface area contributed by atoms with Crippen LogP contribution < -0.4 is 0 Å². The first-order chi connectivity index (χ1) is 6.47. The van der Waals surface area contributed by atoms with Gasteiger partial charge in [-0.25, -0.2) is 0 Å². The summed E-state index contributed by atoms with van der Waals surface area (Å²) in [5.74, 6) is 0.592. The average molecular weight is 200 g/mol. The Kier molecular flexibility index (Phi) is 6.60. The third-order valence-corrected chi connectivity index (χ3v) is 2.24. The van der Waals surface area contributed by atoms with E-state index in [0.29, 0.717) is 5.92 Å². The normalized spacial score (nSPS) is 15.3. The van der Waals surface area contributed by atoms with Crippen LogP contribution in [0.2, 0.25) is 0 Å². The van der Waals surface area contributed by atoms with Gasteiger partial charge in [-0.15, -0.1) is 0 Å². The van der Waals surface area contributed by atoms with Crippen molar-refractivity contribution in [3.05, 3.63) is 0 Å². The first kappa shape index (κ1) is 13.5. The Labute approximate surface area is 88.0 Å². The highest BCUT2D eigenvalue weighted by molar-refractivity contribution is 5.72. The van der Waals surface area contributed by atoms with Gasteiger partial charge in [0.05, 0.1) is 12.0 Å². The van der Waals surface area contributed by atoms with Gasteiger partial charge in [0.1, 0.15) is 0 Å². The summed E-state index contributed by atoms with van der Waals surface area (Å²) in [5.41, 5.74) is 0. The van der Waals surface area contributed by atoms with Crippen molar-refractivity contribution in [1.82, 2.24) is 0 Å². The SMILES string of the molecule is CCC[C@H](C)C(=O)O[C@@H](C)CC(C)C. The van der Waals surface area contributed by atoms with Crippen LogP contribution in [-0.2, 0) is 9.53 Å². The zero-order chi connectivity index (χ0) is 11.1. The summed E-state index contributed by atoms with van der Waals surface area (Å²) in [6, 6.07) is 0. The zero-order valence-corrected chi connectivity index (χ0v) is 10.2. The molecule has 0 fully saturated rings. The Balaban J connectivity index is 3.80. The molecule has 0 spiro atoms.